The van der Waals surface area contributed by atoms with E-state index in [0.717, 1.165) is 17.8 Å². The van der Waals surface area contributed by atoms with E-state index < -0.39 is 11.9 Å². The number of amides is 1. The molecule has 0 aromatic heterocycles. The average molecular weight is 551 g/mol. The number of halogens is 1. The lowest BCUT2D eigenvalue weighted by Crippen LogP contribution is -2.22. The van der Waals surface area contributed by atoms with E-state index in [1.807, 2.05) is 44.4 Å². The van der Waals surface area contributed by atoms with Crippen molar-refractivity contribution in [1.82, 2.24) is 4.90 Å². The first-order chi connectivity index (χ1) is 19.7. The van der Waals surface area contributed by atoms with E-state index in [2.05, 4.69) is 15.5 Å². The molecule has 0 fully saturated rings. The minimum atomic E-state index is -0.971. The van der Waals surface area contributed by atoms with Crippen LogP contribution >= 0.6 is 0 Å². The fourth-order valence-electron chi connectivity index (χ4n) is 4.93. The highest BCUT2D eigenvalue weighted by molar-refractivity contribution is 6.37. The van der Waals surface area contributed by atoms with Crippen LogP contribution in [-0.4, -0.2) is 37.8 Å². The zero-order valence-corrected chi connectivity index (χ0v) is 23.1. The molecule has 0 spiro atoms. The fourth-order valence-corrected chi connectivity index (χ4v) is 4.93. The minimum absolute atomic E-state index is 0.294. The molecule has 0 saturated heterocycles. The Kier molecular flexibility index (Phi) is 7.96. The van der Waals surface area contributed by atoms with Crippen molar-refractivity contribution >= 4 is 34.3 Å². The molecule has 1 aliphatic heterocycles. The average Bonchev–Trinajstić information content (AvgIpc) is 3.30. The van der Waals surface area contributed by atoms with E-state index in [1.54, 1.807) is 48.5 Å². The van der Waals surface area contributed by atoms with Crippen molar-refractivity contribution < 1.29 is 18.7 Å². The van der Waals surface area contributed by atoms with Crippen LogP contribution in [-0.2, 0) is 11.3 Å². The Morgan fingerprint density at radius 3 is 2.49 bits per heavy atom. The molecule has 1 heterocycles. The number of Topliss-reactive ketones (excluding diaryl/α,β-unsaturated/α-hetero) is 1. The smallest absolute Gasteiger partial charge is 0.258 e. The zero-order chi connectivity index (χ0) is 29.1. The molecule has 208 valence electrons. The molecule has 4 aromatic rings. The van der Waals surface area contributed by atoms with Gasteiger partial charge in [-0.3, -0.25) is 9.59 Å². The molecule has 0 saturated carbocycles. The van der Waals surface area contributed by atoms with Crippen molar-refractivity contribution in [1.29, 1.82) is 0 Å². The number of carbonyl (C=O) groups is 2. The van der Waals surface area contributed by atoms with Crippen molar-refractivity contribution in [2.24, 2.45) is 5.73 Å². The Hall–Kier alpha value is -4.79. The molecule has 0 aliphatic carbocycles. The third-order valence-electron chi connectivity index (χ3n) is 6.89. The fraction of sp³-hybridized carbons (Fsp3) is 0.152. The van der Waals surface area contributed by atoms with Crippen LogP contribution in [0.4, 0.5) is 15.8 Å². The Bertz CT molecular complexity index is 1650. The van der Waals surface area contributed by atoms with Crippen molar-refractivity contribution in [3.63, 3.8) is 0 Å². The van der Waals surface area contributed by atoms with Crippen LogP contribution in [0.3, 0.4) is 0 Å². The monoisotopic (exact) mass is 550 g/mol. The molecule has 1 amide bonds. The van der Waals surface area contributed by atoms with Gasteiger partial charge >= 0.3 is 0 Å². The maximum Gasteiger partial charge on any atom is 0.258 e. The van der Waals surface area contributed by atoms with Crippen LogP contribution in [0.15, 0.2) is 91.0 Å². The normalized spacial score (nSPS) is 14.3. The van der Waals surface area contributed by atoms with Crippen LogP contribution in [0.2, 0.25) is 0 Å². The van der Waals surface area contributed by atoms with Gasteiger partial charge in [0.2, 0.25) is 0 Å². The maximum absolute atomic E-state index is 14.0. The summed E-state index contributed by atoms with van der Waals surface area (Å²) < 4.78 is 19.3. The van der Waals surface area contributed by atoms with E-state index in [9.17, 15) is 14.0 Å². The van der Waals surface area contributed by atoms with E-state index in [4.69, 9.17) is 10.5 Å². The molecule has 4 aromatic carbocycles. The summed E-state index contributed by atoms with van der Waals surface area (Å²) in [6.07, 6.45) is 0. The number of anilines is 2. The van der Waals surface area contributed by atoms with Gasteiger partial charge in [-0.05, 0) is 79.3 Å². The molecule has 1 unspecified atom stereocenters. The van der Waals surface area contributed by atoms with Gasteiger partial charge in [-0.1, -0.05) is 42.5 Å². The lowest BCUT2D eigenvalue weighted by atomic mass is 9.94. The number of benzene rings is 4. The standard InChI is InChI=1S/C33H31FN4O3/c1-38(2)19-20-11-14-24(15-12-20)36-31(29-25-16-13-23(34)18-27(25)37-33(29)40)22-8-6-7-21(17-22)30(35)32(39)26-9-4-5-10-28(26)41-3/h4-18,30,36H,19,35H2,1-3H3,(H,37,40). The summed E-state index contributed by atoms with van der Waals surface area (Å²) in [5, 5.41) is 6.18. The molecule has 1 atom stereocenters. The molecule has 0 radical (unpaired) electrons. The maximum atomic E-state index is 14.0. The molecule has 1 aliphatic rings. The first kappa shape index (κ1) is 27.8. The molecule has 8 heteroatoms. The molecular weight excluding hydrogens is 519 g/mol. The van der Waals surface area contributed by atoms with Gasteiger partial charge in [0.1, 0.15) is 11.6 Å². The minimum Gasteiger partial charge on any atom is -0.496 e. The second kappa shape index (κ2) is 11.8. The number of rotatable bonds is 9. The van der Waals surface area contributed by atoms with E-state index in [-0.39, 0.29) is 11.7 Å². The first-order valence-electron chi connectivity index (χ1n) is 13.1. The third kappa shape index (κ3) is 5.89. The van der Waals surface area contributed by atoms with E-state index in [1.165, 1.54) is 19.2 Å². The molecule has 5 rings (SSSR count). The number of methoxy groups -OCH3 is 1. The zero-order valence-electron chi connectivity index (χ0n) is 23.1. The van der Waals surface area contributed by atoms with Gasteiger partial charge in [-0.2, -0.15) is 0 Å². The number of ketones is 1. The summed E-state index contributed by atoms with van der Waals surface area (Å²) in [7, 11) is 5.51. The van der Waals surface area contributed by atoms with Crippen LogP contribution in [0.5, 0.6) is 5.75 Å². The van der Waals surface area contributed by atoms with Gasteiger partial charge in [0.25, 0.3) is 5.91 Å². The predicted molar refractivity (Wildman–Crippen MR) is 160 cm³/mol. The summed E-state index contributed by atoms with van der Waals surface area (Å²) in [6.45, 7) is 0.787. The summed E-state index contributed by atoms with van der Waals surface area (Å²) in [5.74, 6) is -0.660. The SMILES string of the molecule is COc1ccccc1C(=O)C(N)c1cccc(C(Nc2ccc(CN(C)C)cc2)=C2C(=O)Nc3cc(F)ccc32)c1. The number of ether oxygens (including phenoxy) is 1. The highest BCUT2D eigenvalue weighted by atomic mass is 19.1. The Morgan fingerprint density at radius 1 is 1.00 bits per heavy atom. The highest BCUT2D eigenvalue weighted by Gasteiger charge is 2.29. The van der Waals surface area contributed by atoms with E-state index in [0.29, 0.717) is 45.0 Å². The second-order valence-corrected chi connectivity index (χ2v) is 10.1. The van der Waals surface area contributed by atoms with Gasteiger partial charge in [0.15, 0.2) is 5.78 Å². The van der Waals surface area contributed by atoms with Crippen molar-refractivity contribution in [2.45, 2.75) is 12.6 Å². The van der Waals surface area contributed by atoms with Crippen LogP contribution in [0.25, 0.3) is 11.3 Å². The van der Waals surface area contributed by atoms with Gasteiger partial charge in [-0.15, -0.1) is 0 Å². The Morgan fingerprint density at radius 2 is 1.76 bits per heavy atom. The summed E-state index contributed by atoms with van der Waals surface area (Å²) in [6, 6.07) is 25.3. The highest BCUT2D eigenvalue weighted by Crippen LogP contribution is 2.38. The summed E-state index contributed by atoms with van der Waals surface area (Å²) in [4.78, 5) is 28.7. The van der Waals surface area contributed by atoms with Crippen molar-refractivity contribution in [3.8, 4) is 5.75 Å². The van der Waals surface area contributed by atoms with Gasteiger partial charge < -0.3 is 26.0 Å². The first-order valence-corrected chi connectivity index (χ1v) is 13.1. The topological polar surface area (TPSA) is 96.7 Å². The number of nitrogens with zero attached hydrogens (tertiary/aromatic N) is 1. The summed E-state index contributed by atoms with van der Waals surface area (Å²) in [5.41, 5.74) is 11.8. The molecular formula is C33H31FN4O3. The molecule has 0 bridgehead atoms. The lowest BCUT2D eigenvalue weighted by Gasteiger charge is -2.18. The molecule has 4 N–H and O–H groups in total. The predicted octanol–water partition coefficient (Wildman–Crippen LogP) is 5.71. The number of hydrogen-bond acceptors (Lipinski definition) is 6. The third-order valence-corrected chi connectivity index (χ3v) is 6.89. The number of para-hydroxylation sites is 1. The van der Waals surface area contributed by atoms with Crippen molar-refractivity contribution in [3.05, 3.63) is 125 Å². The lowest BCUT2D eigenvalue weighted by molar-refractivity contribution is -0.110. The Balaban J connectivity index is 1.58. The number of nitrogens with two attached hydrogens (primary N) is 1. The number of carbonyl (C=O) groups excluding carboxylic acids is 2. The van der Waals surface area contributed by atoms with Crippen LogP contribution < -0.4 is 21.1 Å². The van der Waals surface area contributed by atoms with Gasteiger partial charge in [0, 0.05) is 17.8 Å². The second-order valence-electron chi connectivity index (χ2n) is 10.1. The Labute approximate surface area is 238 Å². The molecule has 7 nitrogen and oxygen atoms in total. The van der Waals surface area contributed by atoms with Crippen molar-refractivity contribution in [2.75, 3.05) is 31.8 Å². The summed E-state index contributed by atoms with van der Waals surface area (Å²) >= 11 is 0. The number of nitrogens with one attached hydrogen (secondary N) is 2. The quantitative estimate of drug-likeness (QED) is 0.182. The van der Waals surface area contributed by atoms with Crippen LogP contribution in [0.1, 0.15) is 38.7 Å². The van der Waals surface area contributed by atoms with E-state index >= 15 is 0 Å². The van der Waals surface area contributed by atoms with Gasteiger partial charge in [-0.25, -0.2) is 4.39 Å². The largest absolute Gasteiger partial charge is 0.496 e. The molecule has 41 heavy (non-hydrogen) atoms. The number of fused-ring (bicyclic) bond motifs is 1. The van der Waals surface area contributed by atoms with Crippen LogP contribution in [0, 0.1) is 5.82 Å². The number of hydrogen-bond donors (Lipinski definition) is 3. The van der Waals surface area contributed by atoms with Gasteiger partial charge in [0.05, 0.1) is 35.7 Å².